The number of ketones is 1. The first kappa shape index (κ1) is 32.9. The van der Waals surface area contributed by atoms with Gasteiger partial charge >= 0.3 is 0 Å². The zero-order valence-electron chi connectivity index (χ0n) is 26.1. The van der Waals surface area contributed by atoms with Gasteiger partial charge in [-0.1, -0.05) is 43.4 Å². The van der Waals surface area contributed by atoms with Crippen LogP contribution >= 0.6 is 0 Å². The molecule has 0 spiro atoms. The van der Waals surface area contributed by atoms with Crippen molar-refractivity contribution < 1.29 is 24.5 Å². The zero-order valence-corrected chi connectivity index (χ0v) is 26.1. The number of aromatic hydroxyl groups is 2. The highest BCUT2D eigenvalue weighted by molar-refractivity contribution is 5.89. The molecule has 2 aromatic rings. The summed E-state index contributed by atoms with van der Waals surface area (Å²) in [5.74, 6) is 7.15. The largest absolute Gasteiger partial charge is 0.508 e. The van der Waals surface area contributed by atoms with Crippen LogP contribution in [-0.4, -0.2) is 47.8 Å². The molecule has 0 aliphatic heterocycles. The molecule has 44 heavy (non-hydrogen) atoms. The van der Waals surface area contributed by atoms with Crippen LogP contribution < -0.4 is 16.2 Å². The number of phenolic OH excluding ortho intramolecular Hbond substituents is 2. The molecule has 2 aliphatic carbocycles. The quantitative estimate of drug-likeness (QED) is 0.107. The van der Waals surface area contributed by atoms with E-state index in [-0.39, 0.29) is 41.3 Å². The number of unbranched alkanes of at least 4 members (excludes halogenated alkanes) is 1. The van der Waals surface area contributed by atoms with Crippen LogP contribution in [0.2, 0.25) is 0 Å². The van der Waals surface area contributed by atoms with E-state index in [1.807, 2.05) is 18.2 Å². The van der Waals surface area contributed by atoms with Crippen molar-refractivity contribution >= 4 is 11.7 Å². The summed E-state index contributed by atoms with van der Waals surface area (Å²) >= 11 is 0. The minimum absolute atomic E-state index is 0.0237. The number of carbonyl (C=O) groups excluding carboxylic acids is 1. The predicted octanol–water partition coefficient (Wildman–Crippen LogP) is 5.65. The number of nitrogens with zero attached hydrogens (tertiary/aromatic N) is 1. The van der Waals surface area contributed by atoms with Crippen molar-refractivity contribution in [2.24, 2.45) is 22.4 Å². The number of hydrogen-bond donors (Lipinski definition) is 4. The number of nitrogens with two attached hydrogens (primary N) is 2. The number of ether oxygens (including phenoxy) is 2. The van der Waals surface area contributed by atoms with Crippen LogP contribution in [0.3, 0.4) is 0 Å². The monoisotopic (exact) mass is 601 g/mol. The van der Waals surface area contributed by atoms with Gasteiger partial charge in [-0.3, -0.25) is 4.79 Å². The maximum absolute atomic E-state index is 12.8. The van der Waals surface area contributed by atoms with Crippen molar-refractivity contribution in [3.8, 4) is 29.1 Å². The van der Waals surface area contributed by atoms with E-state index in [9.17, 15) is 15.0 Å². The summed E-state index contributed by atoms with van der Waals surface area (Å²) in [5.41, 5.74) is 14.8. The average Bonchev–Trinajstić information content (AvgIpc) is 3.50. The number of allylic oxidation sites excluding steroid dienone is 2. The van der Waals surface area contributed by atoms with Gasteiger partial charge in [0.05, 0.1) is 18.1 Å². The van der Waals surface area contributed by atoms with Crippen LogP contribution in [-0.2, 0) is 22.4 Å². The number of benzene rings is 2. The Kier molecular flexibility index (Phi) is 12.1. The lowest BCUT2D eigenvalue weighted by Crippen LogP contribution is -2.29. The van der Waals surface area contributed by atoms with Crippen molar-refractivity contribution in [1.82, 2.24) is 0 Å². The molecule has 0 unspecified atom stereocenters. The molecule has 0 radical (unpaired) electrons. The number of hydrogen-bond acceptors (Lipinski definition) is 6. The van der Waals surface area contributed by atoms with Crippen molar-refractivity contribution in [2.75, 3.05) is 13.7 Å². The Hall–Kier alpha value is -3.96. The van der Waals surface area contributed by atoms with Crippen LogP contribution in [0.4, 0.5) is 0 Å². The molecule has 8 nitrogen and oxygen atoms in total. The molecule has 0 saturated heterocycles. The molecule has 2 aliphatic rings. The van der Waals surface area contributed by atoms with E-state index in [0.717, 1.165) is 56.1 Å². The Morgan fingerprint density at radius 1 is 1.14 bits per heavy atom. The van der Waals surface area contributed by atoms with Gasteiger partial charge < -0.3 is 31.2 Å². The first-order valence-corrected chi connectivity index (χ1v) is 15.9. The van der Waals surface area contributed by atoms with Crippen molar-refractivity contribution in [1.29, 1.82) is 0 Å². The summed E-state index contributed by atoms with van der Waals surface area (Å²) in [6, 6.07) is 8.50. The number of carbonyl (C=O) groups is 1. The first-order valence-electron chi connectivity index (χ1n) is 15.9. The Balaban J connectivity index is 1.87. The fourth-order valence-corrected chi connectivity index (χ4v) is 6.25. The lowest BCUT2D eigenvalue weighted by atomic mass is 9.82. The summed E-state index contributed by atoms with van der Waals surface area (Å²) in [6.45, 7) is 2.55. The van der Waals surface area contributed by atoms with Crippen molar-refractivity contribution in [3.63, 3.8) is 0 Å². The smallest absolute Gasteiger partial charge is 0.186 e. The molecule has 1 saturated carbocycles. The second-order valence-electron chi connectivity index (χ2n) is 12.0. The van der Waals surface area contributed by atoms with E-state index in [4.69, 9.17) is 20.9 Å². The van der Waals surface area contributed by atoms with Gasteiger partial charge in [0.15, 0.2) is 23.2 Å². The van der Waals surface area contributed by atoms with Gasteiger partial charge in [0.1, 0.15) is 5.75 Å². The molecule has 0 amide bonds. The van der Waals surface area contributed by atoms with Crippen LogP contribution in [0.25, 0.3) is 0 Å². The molecule has 0 bridgehead atoms. The van der Waals surface area contributed by atoms with Gasteiger partial charge in [0.2, 0.25) is 0 Å². The van der Waals surface area contributed by atoms with Crippen LogP contribution in [0.15, 0.2) is 47.5 Å². The summed E-state index contributed by atoms with van der Waals surface area (Å²) in [4.78, 5) is 17.4. The third-order valence-corrected chi connectivity index (χ3v) is 8.49. The summed E-state index contributed by atoms with van der Waals surface area (Å²) < 4.78 is 12.0. The zero-order chi connectivity index (χ0) is 31.5. The van der Waals surface area contributed by atoms with Crippen LogP contribution in [0, 0.1) is 17.8 Å². The number of rotatable bonds is 12. The highest BCUT2D eigenvalue weighted by Crippen LogP contribution is 2.41. The molecule has 6 N–H and O–H groups in total. The minimum Gasteiger partial charge on any atom is -0.508 e. The lowest BCUT2D eigenvalue weighted by molar-refractivity contribution is -0.114. The molecule has 1 fully saturated rings. The van der Waals surface area contributed by atoms with Crippen LogP contribution in [0.1, 0.15) is 92.9 Å². The van der Waals surface area contributed by atoms with E-state index >= 15 is 0 Å². The van der Waals surface area contributed by atoms with Crippen molar-refractivity contribution in [2.45, 2.75) is 95.6 Å². The maximum atomic E-state index is 12.8. The van der Waals surface area contributed by atoms with Gasteiger partial charge in [-0.15, -0.1) is 0 Å². The Labute approximate surface area is 261 Å². The molecule has 3 atom stereocenters. The average molecular weight is 602 g/mol. The van der Waals surface area contributed by atoms with E-state index in [0.29, 0.717) is 49.2 Å². The number of methoxy groups -OCH3 is 1. The van der Waals surface area contributed by atoms with E-state index < -0.39 is 5.92 Å². The van der Waals surface area contributed by atoms with Gasteiger partial charge in [-0.05, 0) is 99.1 Å². The summed E-state index contributed by atoms with van der Waals surface area (Å²) in [7, 11) is 1.67. The van der Waals surface area contributed by atoms with E-state index in [2.05, 4.69) is 23.8 Å². The fourth-order valence-electron chi connectivity index (χ4n) is 6.25. The maximum Gasteiger partial charge on any atom is 0.186 e. The first-order chi connectivity index (χ1) is 21.3. The Morgan fingerprint density at radius 2 is 1.93 bits per heavy atom. The summed E-state index contributed by atoms with van der Waals surface area (Å²) in [6.07, 6.45) is 12.2. The number of phenols is 2. The Morgan fingerprint density at radius 3 is 2.64 bits per heavy atom. The third kappa shape index (κ3) is 9.03. The predicted molar refractivity (Wildman–Crippen MR) is 174 cm³/mol. The lowest BCUT2D eigenvalue weighted by Gasteiger charge is -2.26. The highest BCUT2D eigenvalue weighted by Gasteiger charge is 2.28. The number of guanidine groups is 1. The standard InChI is InChI=1S/C36H47N3O5/c1-3-4-5-10-27(40)16-15-26-22-34(44-29-12-6-7-13-29)35(42)32-20-24(23-43-2)14-19-33(39-36(37)38)31(18-17-30(26)32)25-9-8-11-28(41)21-25/h5,8-11,21-22,24,29,31,33,41-42H,3-4,6-7,12-16,19-20,23H2,1-2H3,(H4,37,38,39)/b10-5+/t24-,31-,33+/m0/s1. The molecule has 236 valence electrons. The topological polar surface area (TPSA) is 140 Å². The van der Waals surface area contributed by atoms with Crippen molar-refractivity contribution in [3.05, 3.63) is 64.7 Å². The molecular weight excluding hydrogens is 554 g/mol. The van der Waals surface area contributed by atoms with Gasteiger partial charge in [0, 0.05) is 31.3 Å². The molecule has 4 rings (SSSR count). The van der Waals surface area contributed by atoms with Gasteiger partial charge in [-0.25, -0.2) is 4.99 Å². The second-order valence-corrected chi connectivity index (χ2v) is 12.0. The highest BCUT2D eigenvalue weighted by atomic mass is 16.5. The SMILES string of the molecule is CCC/C=C/C(=O)CCc1cc(OC2CCCC2)c(O)c2c1C#C[C@@H](c1cccc(O)c1)[C@H](N=C(N)N)CC[C@H](COC)C2. The third-order valence-electron chi connectivity index (χ3n) is 8.49. The van der Waals surface area contributed by atoms with Gasteiger partial charge in [-0.2, -0.15) is 0 Å². The molecule has 0 heterocycles. The number of aryl methyl sites for hydroxylation is 1. The molecule has 8 heteroatoms. The van der Waals surface area contributed by atoms with E-state index in [1.54, 1.807) is 31.4 Å². The molecule has 2 aromatic carbocycles. The van der Waals surface area contributed by atoms with Gasteiger partial charge in [0.25, 0.3) is 0 Å². The summed E-state index contributed by atoms with van der Waals surface area (Å²) in [5, 5.41) is 22.0. The minimum atomic E-state index is -0.429. The fraction of sp³-hybridized carbons (Fsp3) is 0.500. The van der Waals surface area contributed by atoms with Crippen LogP contribution in [0.5, 0.6) is 17.2 Å². The molecule has 0 aromatic heterocycles. The normalized spacial score (nSPS) is 20.5. The number of aliphatic imine (C=N–C) groups is 1. The molecular formula is C36H47N3O5. The Bertz CT molecular complexity index is 1400. The number of fused-ring (bicyclic) bond motifs is 1. The second kappa shape index (κ2) is 16.2. The van der Waals surface area contributed by atoms with E-state index in [1.165, 1.54) is 0 Å².